The summed E-state index contributed by atoms with van der Waals surface area (Å²) in [5.74, 6) is 0. The Kier molecular flexibility index (Phi) is 4.09. The van der Waals surface area contributed by atoms with E-state index in [2.05, 4.69) is 4.98 Å². The van der Waals surface area contributed by atoms with Gasteiger partial charge in [-0.3, -0.25) is 4.98 Å². The number of aliphatic hydroxyl groups is 1. The van der Waals surface area contributed by atoms with Crippen LogP contribution in [0.4, 0.5) is 4.79 Å². The van der Waals surface area contributed by atoms with Gasteiger partial charge in [-0.05, 0) is 44.0 Å². The van der Waals surface area contributed by atoms with Crippen LogP contribution in [-0.4, -0.2) is 39.8 Å². The van der Waals surface area contributed by atoms with Crippen molar-refractivity contribution < 1.29 is 14.6 Å². The summed E-state index contributed by atoms with van der Waals surface area (Å²) in [6, 6.07) is 3.61. The van der Waals surface area contributed by atoms with Crippen molar-refractivity contribution >= 4 is 11.7 Å². The van der Waals surface area contributed by atoms with Gasteiger partial charge >= 0.3 is 6.09 Å². The summed E-state index contributed by atoms with van der Waals surface area (Å²) in [4.78, 5) is 17.9. The van der Waals surface area contributed by atoms with Crippen molar-refractivity contribution in [3.05, 3.63) is 35.7 Å². The van der Waals surface area contributed by atoms with Gasteiger partial charge in [-0.1, -0.05) is 6.08 Å². The summed E-state index contributed by atoms with van der Waals surface area (Å²) >= 11 is 0. The molecule has 0 fully saturated rings. The number of carbonyl (C=O) groups excluding carboxylic acids is 1. The van der Waals surface area contributed by atoms with Crippen LogP contribution in [-0.2, 0) is 11.3 Å². The molecule has 0 aliphatic carbocycles. The van der Waals surface area contributed by atoms with Gasteiger partial charge in [0.2, 0.25) is 0 Å². The van der Waals surface area contributed by atoms with Crippen molar-refractivity contribution in [2.45, 2.75) is 33.0 Å². The maximum Gasteiger partial charge on any atom is 0.410 e. The molecule has 0 radical (unpaired) electrons. The Morgan fingerprint density at radius 3 is 2.90 bits per heavy atom. The molecule has 0 unspecified atom stereocenters. The molecule has 0 spiro atoms. The van der Waals surface area contributed by atoms with E-state index in [4.69, 9.17) is 9.84 Å². The monoisotopic (exact) mass is 276 g/mol. The van der Waals surface area contributed by atoms with Gasteiger partial charge in [0, 0.05) is 12.7 Å². The van der Waals surface area contributed by atoms with Crippen LogP contribution in [0.5, 0.6) is 0 Å². The average molecular weight is 276 g/mol. The molecule has 0 aromatic carbocycles. The standard InChI is InChI=1S/C15H20N2O3/c1-15(2,3)20-14(19)17-7-5-12(9-17)13-8-11(10-18)4-6-16-13/h4-6,8,18H,7,9-10H2,1-3H3. The minimum absolute atomic E-state index is 0.0153. The molecule has 1 N–H and O–H groups in total. The van der Waals surface area contributed by atoms with E-state index in [0.717, 1.165) is 16.8 Å². The summed E-state index contributed by atoms with van der Waals surface area (Å²) in [7, 11) is 0. The van der Waals surface area contributed by atoms with Gasteiger partial charge in [-0.25, -0.2) is 4.79 Å². The van der Waals surface area contributed by atoms with E-state index in [1.807, 2.05) is 32.9 Å². The zero-order chi connectivity index (χ0) is 14.8. The third-order valence-electron chi connectivity index (χ3n) is 2.91. The Morgan fingerprint density at radius 1 is 1.50 bits per heavy atom. The fraction of sp³-hybridized carbons (Fsp3) is 0.467. The summed E-state index contributed by atoms with van der Waals surface area (Å²) in [6.45, 7) is 6.54. The van der Waals surface area contributed by atoms with Gasteiger partial charge in [0.25, 0.3) is 0 Å². The molecule has 1 aliphatic heterocycles. The van der Waals surface area contributed by atoms with E-state index in [1.165, 1.54) is 0 Å². The van der Waals surface area contributed by atoms with Gasteiger partial charge in [-0.2, -0.15) is 0 Å². The average Bonchev–Trinajstić information content (AvgIpc) is 2.86. The third-order valence-corrected chi connectivity index (χ3v) is 2.91. The minimum Gasteiger partial charge on any atom is -0.444 e. The molecular formula is C15H20N2O3. The Morgan fingerprint density at radius 2 is 2.25 bits per heavy atom. The van der Waals surface area contributed by atoms with Gasteiger partial charge in [0.05, 0.1) is 18.8 Å². The second-order valence-electron chi connectivity index (χ2n) is 5.80. The van der Waals surface area contributed by atoms with Crippen LogP contribution >= 0.6 is 0 Å². The fourth-order valence-electron chi connectivity index (χ4n) is 1.95. The normalized spacial score (nSPS) is 15.2. The molecule has 1 aromatic heterocycles. The topological polar surface area (TPSA) is 62.7 Å². The lowest BCUT2D eigenvalue weighted by molar-refractivity contribution is 0.0306. The first-order chi connectivity index (χ1) is 9.39. The molecule has 0 bridgehead atoms. The van der Waals surface area contributed by atoms with Gasteiger partial charge in [-0.15, -0.1) is 0 Å². The lowest BCUT2D eigenvalue weighted by atomic mass is 10.1. The highest BCUT2D eigenvalue weighted by Crippen LogP contribution is 2.22. The number of carbonyl (C=O) groups is 1. The summed E-state index contributed by atoms with van der Waals surface area (Å²) in [5, 5.41) is 9.14. The molecule has 2 heterocycles. The van der Waals surface area contributed by atoms with Crippen LogP contribution in [0.15, 0.2) is 24.4 Å². The van der Waals surface area contributed by atoms with E-state index in [0.29, 0.717) is 13.1 Å². The Hall–Kier alpha value is -1.88. The molecule has 0 saturated heterocycles. The van der Waals surface area contributed by atoms with Crippen LogP contribution in [0, 0.1) is 0 Å². The molecule has 108 valence electrons. The minimum atomic E-state index is -0.491. The second kappa shape index (κ2) is 5.63. The molecule has 0 saturated carbocycles. The molecule has 1 aromatic rings. The molecule has 20 heavy (non-hydrogen) atoms. The first kappa shape index (κ1) is 14.5. The summed E-state index contributed by atoms with van der Waals surface area (Å²) in [5.41, 5.74) is 2.09. The van der Waals surface area contributed by atoms with Crippen LogP contribution in [0.25, 0.3) is 5.57 Å². The number of ether oxygens (including phenoxy) is 1. The lowest BCUT2D eigenvalue weighted by Gasteiger charge is -2.24. The number of hydrogen-bond donors (Lipinski definition) is 1. The molecule has 2 rings (SSSR count). The van der Waals surface area contributed by atoms with Crippen molar-refractivity contribution in [2.24, 2.45) is 0 Å². The van der Waals surface area contributed by atoms with E-state index >= 15 is 0 Å². The largest absolute Gasteiger partial charge is 0.444 e. The van der Waals surface area contributed by atoms with Crippen LogP contribution < -0.4 is 0 Å². The zero-order valence-corrected chi connectivity index (χ0v) is 12.1. The highest BCUT2D eigenvalue weighted by atomic mass is 16.6. The van der Waals surface area contributed by atoms with Crippen molar-refractivity contribution in [2.75, 3.05) is 13.1 Å². The van der Waals surface area contributed by atoms with Gasteiger partial charge in [0.15, 0.2) is 0 Å². The van der Waals surface area contributed by atoms with E-state index in [1.54, 1.807) is 17.2 Å². The predicted molar refractivity (Wildman–Crippen MR) is 75.9 cm³/mol. The number of amides is 1. The molecule has 0 atom stereocenters. The van der Waals surface area contributed by atoms with Crippen LogP contribution in [0.1, 0.15) is 32.0 Å². The Labute approximate surface area is 118 Å². The molecule has 5 nitrogen and oxygen atoms in total. The number of rotatable bonds is 2. The summed E-state index contributed by atoms with van der Waals surface area (Å²) in [6.07, 6.45) is 3.31. The highest BCUT2D eigenvalue weighted by molar-refractivity contribution is 5.76. The summed E-state index contributed by atoms with van der Waals surface area (Å²) < 4.78 is 5.34. The smallest absolute Gasteiger partial charge is 0.410 e. The van der Waals surface area contributed by atoms with Crippen molar-refractivity contribution in [1.82, 2.24) is 9.88 Å². The quantitative estimate of drug-likeness (QED) is 0.899. The van der Waals surface area contributed by atoms with E-state index in [-0.39, 0.29) is 12.7 Å². The number of hydrogen-bond acceptors (Lipinski definition) is 4. The van der Waals surface area contributed by atoms with Crippen molar-refractivity contribution in [3.63, 3.8) is 0 Å². The maximum atomic E-state index is 12.0. The number of aliphatic hydroxyl groups excluding tert-OH is 1. The Bertz CT molecular complexity index is 532. The van der Waals surface area contributed by atoms with Crippen molar-refractivity contribution in [3.8, 4) is 0 Å². The van der Waals surface area contributed by atoms with Gasteiger partial charge in [0.1, 0.15) is 5.60 Å². The molecule has 5 heteroatoms. The van der Waals surface area contributed by atoms with Crippen molar-refractivity contribution in [1.29, 1.82) is 0 Å². The fourth-order valence-corrected chi connectivity index (χ4v) is 1.95. The first-order valence-corrected chi connectivity index (χ1v) is 6.62. The zero-order valence-electron chi connectivity index (χ0n) is 12.1. The van der Waals surface area contributed by atoms with E-state index < -0.39 is 5.60 Å². The lowest BCUT2D eigenvalue weighted by Crippen LogP contribution is -2.35. The molecule has 1 aliphatic rings. The number of nitrogens with zero attached hydrogens (tertiary/aromatic N) is 2. The van der Waals surface area contributed by atoms with Gasteiger partial charge < -0.3 is 14.7 Å². The second-order valence-corrected chi connectivity index (χ2v) is 5.80. The molecule has 1 amide bonds. The van der Waals surface area contributed by atoms with Crippen LogP contribution in [0.3, 0.4) is 0 Å². The maximum absolute atomic E-state index is 12.0. The predicted octanol–water partition coefficient (Wildman–Crippen LogP) is 2.21. The molecular weight excluding hydrogens is 256 g/mol. The number of aromatic nitrogens is 1. The highest BCUT2D eigenvalue weighted by Gasteiger charge is 2.26. The third kappa shape index (κ3) is 3.57. The SMILES string of the molecule is CC(C)(C)OC(=O)N1CC=C(c2cc(CO)ccn2)C1. The Balaban J connectivity index is 2.02. The van der Waals surface area contributed by atoms with Crippen LogP contribution in [0.2, 0.25) is 0 Å². The van der Waals surface area contributed by atoms with E-state index in [9.17, 15) is 4.79 Å². The first-order valence-electron chi connectivity index (χ1n) is 6.62. The number of pyridine rings is 1.